The van der Waals surface area contributed by atoms with E-state index in [4.69, 9.17) is 0 Å². The Morgan fingerprint density at radius 3 is 2.38 bits per heavy atom. The molecule has 1 N–H and O–H groups in total. The monoisotopic (exact) mass is 515 g/mol. The van der Waals surface area contributed by atoms with E-state index in [1.807, 2.05) is 14.1 Å². The smallest absolute Gasteiger partial charge is 0.368 e. The fourth-order valence-corrected chi connectivity index (χ4v) is 4.13. The Labute approximate surface area is 212 Å². The van der Waals surface area contributed by atoms with Gasteiger partial charge >= 0.3 is 6.18 Å². The van der Waals surface area contributed by atoms with Gasteiger partial charge in [-0.1, -0.05) is 0 Å². The maximum Gasteiger partial charge on any atom is 0.418 e. The molecule has 0 amide bonds. The number of non-ortho nitro benzene ring substituents is 1. The Kier molecular flexibility index (Phi) is 7.89. The zero-order valence-corrected chi connectivity index (χ0v) is 20.6. The lowest BCUT2D eigenvalue weighted by molar-refractivity contribution is -0.384. The summed E-state index contributed by atoms with van der Waals surface area (Å²) in [6.07, 6.45) is -3.06. The molecule has 4 rings (SSSR count). The second kappa shape index (κ2) is 11.1. The standard InChI is InChI=1S/C25H28F3N7O2/c1-32(2)11-12-33-13-15-34(16-14-33)23-8-5-19(17-21(23)25(26,27)28)30-24-29-10-9-22(31-24)18-3-6-20(7-4-18)35(36)37/h3-10,17H,11-16H2,1-2H3,(H,29,30,31). The van der Waals surface area contributed by atoms with Crippen LogP contribution < -0.4 is 10.2 Å². The maximum absolute atomic E-state index is 14.0. The molecule has 1 aliphatic heterocycles. The summed E-state index contributed by atoms with van der Waals surface area (Å²) in [6.45, 7) is 4.23. The molecule has 1 fully saturated rings. The van der Waals surface area contributed by atoms with Crippen LogP contribution in [0.15, 0.2) is 54.7 Å². The zero-order valence-electron chi connectivity index (χ0n) is 20.6. The highest BCUT2D eigenvalue weighted by molar-refractivity contribution is 5.67. The number of aromatic nitrogens is 2. The molecule has 37 heavy (non-hydrogen) atoms. The third kappa shape index (κ3) is 6.71. The minimum Gasteiger partial charge on any atom is -0.368 e. The van der Waals surface area contributed by atoms with Gasteiger partial charge < -0.3 is 15.1 Å². The Bertz CT molecular complexity index is 1230. The van der Waals surface area contributed by atoms with Gasteiger partial charge in [0, 0.05) is 74.5 Å². The number of hydrogen-bond donors (Lipinski definition) is 1. The number of nitro groups is 1. The molecule has 0 spiro atoms. The van der Waals surface area contributed by atoms with Crippen molar-refractivity contribution in [2.24, 2.45) is 0 Å². The van der Waals surface area contributed by atoms with E-state index < -0.39 is 16.7 Å². The van der Waals surface area contributed by atoms with E-state index in [2.05, 4.69) is 25.1 Å². The van der Waals surface area contributed by atoms with Gasteiger partial charge in [-0.3, -0.25) is 15.0 Å². The van der Waals surface area contributed by atoms with Crippen LogP contribution in [0.2, 0.25) is 0 Å². The van der Waals surface area contributed by atoms with Crippen molar-refractivity contribution in [1.82, 2.24) is 19.8 Å². The topological polar surface area (TPSA) is 90.7 Å². The van der Waals surface area contributed by atoms with E-state index in [1.54, 1.807) is 29.2 Å². The third-order valence-electron chi connectivity index (χ3n) is 6.16. The third-order valence-corrected chi connectivity index (χ3v) is 6.16. The first-order valence-electron chi connectivity index (χ1n) is 11.8. The summed E-state index contributed by atoms with van der Waals surface area (Å²) in [6, 6.07) is 11.6. The zero-order chi connectivity index (χ0) is 26.6. The van der Waals surface area contributed by atoms with Crippen molar-refractivity contribution in [1.29, 1.82) is 0 Å². The van der Waals surface area contributed by atoms with Crippen LogP contribution in [0.3, 0.4) is 0 Å². The van der Waals surface area contributed by atoms with Crippen LogP contribution in [0.5, 0.6) is 0 Å². The van der Waals surface area contributed by atoms with Gasteiger partial charge in [0.15, 0.2) is 0 Å². The van der Waals surface area contributed by atoms with Gasteiger partial charge in [-0.25, -0.2) is 9.97 Å². The molecule has 9 nitrogen and oxygen atoms in total. The van der Waals surface area contributed by atoms with Crippen LogP contribution in [-0.2, 0) is 6.18 Å². The molecule has 0 saturated carbocycles. The van der Waals surface area contributed by atoms with Gasteiger partial charge in [-0.05, 0) is 50.5 Å². The molecule has 2 aromatic carbocycles. The number of hydrogen-bond acceptors (Lipinski definition) is 8. The minimum atomic E-state index is -4.53. The number of piperazine rings is 1. The van der Waals surface area contributed by atoms with Gasteiger partial charge in [0.05, 0.1) is 16.2 Å². The van der Waals surface area contributed by atoms with Gasteiger partial charge in [-0.2, -0.15) is 13.2 Å². The molecule has 0 bridgehead atoms. The van der Waals surface area contributed by atoms with Crippen molar-refractivity contribution in [2.45, 2.75) is 6.18 Å². The van der Waals surface area contributed by atoms with Gasteiger partial charge in [0.2, 0.25) is 5.95 Å². The van der Waals surface area contributed by atoms with E-state index in [9.17, 15) is 23.3 Å². The number of benzene rings is 2. The number of nitrogens with zero attached hydrogens (tertiary/aromatic N) is 6. The van der Waals surface area contributed by atoms with E-state index in [0.29, 0.717) is 37.4 Å². The average molecular weight is 516 g/mol. The molecule has 0 unspecified atom stereocenters. The largest absolute Gasteiger partial charge is 0.418 e. The Hall–Kier alpha value is -3.77. The van der Waals surface area contributed by atoms with Crippen LogP contribution in [-0.4, -0.2) is 78.1 Å². The molecule has 196 valence electrons. The molecule has 12 heteroatoms. The summed E-state index contributed by atoms with van der Waals surface area (Å²) in [5.74, 6) is 0.117. The van der Waals surface area contributed by atoms with Crippen LogP contribution in [0.1, 0.15) is 5.56 Å². The van der Waals surface area contributed by atoms with Crippen LogP contribution >= 0.6 is 0 Å². The lowest BCUT2D eigenvalue weighted by Gasteiger charge is -2.37. The van der Waals surface area contributed by atoms with Gasteiger partial charge in [0.1, 0.15) is 0 Å². The first kappa shape index (κ1) is 26.3. The molecule has 0 atom stereocenters. The maximum atomic E-state index is 14.0. The highest BCUT2D eigenvalue weighted by Crippen LogP contribution is 2.39. The first-order chi connectivity index (χ1) is 17.6. The van der Waals surface area contributed by atoms with E-state index in [0.717, 1.165) is 19.2 Å². The number of nitrogens with one attached hydrogen (secondary N) is 1. The predicted molar refractivity (Wildman–Crippen MR) is 136 cm³/mol. The lowest BCUT2D eigenvalue weighted by atomic mass is 10.1. The fraction of sp³-hybridized carbons (Fsp3) is 0.360. The molecule has 1 aromatic heterocycles. The Morgan fingerprint density at radius 1 is 1.05 bits per heavy atom. The van der Waals surface area contributed by atoms with E-state index in [-0.39, 0.29) is 23.0 Å². The fourth-order valence-electron chi connectivity index (χ4n) is 4.13. The summed E-state index contributed by atoms with van der Waals surface area (Å²) >= 11 is 0. The lowest BCUT2D eigenvalue weighted by Crippen LogP contribution is -2.48. The van der Waals surface area contributed by atoms with E-state index >= 15 is 0 Å². The summed E-state index contributed by atoms with van der Waals surface area (Å²) in [5, 5.41) is 13.7. The summed E-state index contributed by atoms with van der Waals surface area (Å²) < 4.78 is 42.1. The number of likely N-dealkylation sites (N-methyl/N-ethyl adjacent to an activating group) is 1. The minimum absolute atomic E-state index is 0.0501. The number of rotatable bonds is 8. The summed E-state index contributed by atoms with van der Waals surface area (Å²) in [7, 11) is 4.00. The van der Waals surface area contributed by atoms with E-state index in [1.165, 1.54) is 24.4 Å². The molecule has 0 radical (unpaired) electrons. The highest BCUT2D eigenvalue weighted by Gasteiger charge is 2.36. The van der Waals surface area contributed by atoms with Gasteiger partial charge in [0.25, 0.3) is 5.69 Å². The number of alkyl halides is 3. The molecular weight excluding hydrogens is 487 g/mol. The quantitative estimate of drug-likeness (QED) is 0.347. The van der Waals surface area contributed by atoms with Gasteiger partial charge in [-0.15, -0.1) is 0 Å². The molecule has 1 aliphatic rings. The molecule has 3 aromatic rings. The number of anilines is 3. The second-order valence-corrected chi connectivity index (χ2v) is 9.06. The summed E-state index contributed by atoms with van der Waals surface area (Å²) in [5.41, 5.74) is 0.698. The molecule has 1 saturated heterocycles. The number of halogens is 3. The van der Waals surface area contributed by atoms with Crippen molar-refractivity contribution in [2.75, 3.05) is 63.6 Å². The molecule has 0 aliphatic carbocycles. The number of nitro benzene ring substituents is 1. The van der Waals surface area contributed by atoms with Crippen LogP contribution in [0, 0.1) is 10.1 Å². The van der Waals surface area contributed by atoms with Crippen molar-refractivity contribution < 1.29 is 18.1 Å². The first-order valence-corrected chi connectivity index (χ1v) is 11.8. The SMILES string of the molecule is CN(C)CCN1CCN(c2ccc(Nc3nccc(-c4ccc([N+](=O)[O-])cc4)n3)cc2C(F)(F)F)CC1. The predicted octanol–water partition coefficient (Wildman–Crippen LogP) is 4.50. The van der Waals surface area contributed by atoms with Crippen molar-refractivity contribution in [3.8, 4) is 11.3 Å². The van der Waals surface area contributed by atoms with Crippen molar-refractivity contribution >= 4 is 23.0 Å². The second-order valence-electron chi connectivity index (χ2n) is 9.06. The Balaban J connectivity index is 1.51. The van der Waals surface area contributed by atoms with Crippen molar-refractivity contribution in [3.63, 3.8) is 0 Å². The normalized spacial score (nSPS) is 14.7. The summed E-state index contributed by atoms with van der Waals surface area (Å²) in [4.78, 5) is 25.0. The highest BCUT2D eigenvalue weighted by atomic mass is 19.4. The van der Waals surface area contributed by atoms with Crippen LogP contribution in [0.25, 0.3) is 11.3 Å². The van der Waals surface area contributed by atoms with Crippen molar-refractivity contribution in [3.05, 3.63) is 70.4 Å². The van der Waals surface area contributed by atoms with Crippen LogP contribution in [0.4, 0.5) is 36.2 Å². The molecular formula is C25H28F3N7O2. The Morgan fingerprint density at radius 2 is 1.76 bits per heavy atom. The molecule has 2 heterocycles. The average Bonchev–Trinajstić information content (AvgIpc) is 2.87.